The normalized spacial score (nSPS) is 11.6. The lowest BCUT2D eigenvalue weighted by atomic mass is 10.3. The molecule has 114 valence electrons. The maximum absolute atomic E-state index is 12.5. The van der Waals surface area contributed by atoms with Crippen LogP contribution in [0.25, 0.3) is 0 Å². The predicted octanol–water partition coefficient (Wildman–Crippen LogP) is 4.18. The quantitative estimate of drug-likeness (QED) is 0.689. The molecule has 0 atom stereocenters. The fourth-order valence-electron chi connectivity index (χ4n) is 1.66. The van der Waals surface area contributed by atoms with Crippen LogP contribution >= 0.6 is 43.2 Å². The van der Waals surface area contributed by atoms with Crippen LogP contribution in [0, 0.1) is 0 Å². The first-order chi connectivity index (χ1) is 9.94. The van der Waals surface area contributed by atoms with Gasteiger partial charge in [-0.1, -0.05) is 19.1 Å². The van der Waals surface area contributed by atoms with Gasteiger partial charge in [-0.3, -0.25) is 4.72 Å². The molecule has 0 saturated heterocycles. The van der Waals surface area contributed by atoms with Crippen LogP contribution in [0.3, 0.4) is 0 Å². The summed E-state index contributed by atoms with van der Waals surface area (Å²) in [5, 5.41) is 3.18. The first kappa shape index (κ1) is 17.0. The van der Waals surface area contributed by atoms with E-state index < -0.39 is 10.0 Å². The summed E-state index contributed by atoms with van der Waals surface area (Å²) in [6.07, 6.45) is 0. The molecule has 2 N–H and O–H groups in total. The number of hydrogen-bond donors (Lipinski definition) is 2. The minimum absolute atomic E-state index is 0.260. The van der Waals surface area contributed by atoms with Crippen molar-refractivity contribution in [3.8, 4) is 0 Å². The number of halogens is 2. The molecule has 0 fully saturated rings. The van der Waals surface area contributed by atoms with Gasteiger partial charge >= 0.3 is 0 Å². The van der Waals surface area contributed by atoms with Crippen LogP contribution < -0.4 is 10.0 Å². The van der Waals surface area contributed by atoms with E-state index in [0.29, 0.717) is 20.5 Å². The standard InChI is InChI=1S/C13H14Br2N2O2S2/c1-2-16-8-9-7-12(13(15)20-9)21(18,19)17-11-6-4-3-5-10(11)14/h3-7,16-17H,2,8H2,1H3. The zero-order valence-electron chi connectivity index (χ0n) is 11.2. The minimum Gasteiger partial charge on any atom is -0.312 e. The van der Waals surface area contributed by atoms with Gasteiger partial charge < -0.3 is 5.32 Å². The van der Waals surface area contributed by atoms with Crippen LogP contribution in [-0.2, 0) is 16.6 Å². The van der Waals surface area contributed by atoms with Gasteiger partial charge in [-0.15, -0.1) is 11.3 Å². The van der Waals surface area contributed by atoms with E-state index in [-0.39, 0.29) is 4.90 Å². The maximum atomic E-state index is 12.5. The summed E-state index contributed by atoms with van der Waals surface area (Å²) in [6.45, 7) is 3.51. The molecule has 2 rings (SSSR count). The van der Waals surface area contributed by atoms with Gasteiger partial charge in [0.15, 0.2) is 0 Å². The summed E-state index contributed by atoms with van der Waals surface area (Å²) < 4.78 is 28.9. The van der Waals surface area contributed by atoms with Crippen molar-refractivity contribution in [1.29, 1.82) is 0 Å². The van der Waals surface area contributed by atoms with Crippen molar-refractivity contribution in [2.45, 2.75) is 18.4 Å². The highest BCUT2D eigenvalue weighted by molar-refractivity contribution is 9.11. The molecule has 1 aromatic carbocycles. The zero-order valence-corrected chi connectivity index (χ0v) is 16.0. The summed E-state index contributed by atoms with van der Waals surface area (Å²) in [4.78, 5) is 1.23. The minimum atomic E-state index is -3.61. The average Bonchev–Trinajstić information content (AvgIpc) is 2.81. The smallest absolute Gasteiger partial charge is 0.263 e. The lowest BCUT2D eigenvalue weighted by molar-refractivity contribution is 0.601. The second-order valence-corrected chi connectivity index (χ2v) is 9.18. The highest BCUT2D eigenvalue weighted by Crippen LogP contribution is 2.33. The largest absolute Gasteiger partial charge is 0.312 e. The van der Waals surface area contributed by atoms with Gasteiger partial charge in [0, 0.05) is 15.9 Å². The fourth-order valence-corrected chi connectivity index (χ4v) is 5.91. The van der Waals surface area contributed by atoms with Gasteiger partial charge in [-0.2, -0.15) is 0 Å². The van der Waals surface area contributed by atoms with Crippen LogP contribution in [0.15, 0.2) is 43.5 Å². The first-order valence-corrected chi connectivity index (χ1v) is 10.1. The summed E-state index contributed by atoms with van der Waals surface area (Å²) in [5.74, 6) is 0. The number of sulfonamides is 1. The number of hydrogen-bond acceptors (Lipinski definition) is 4. The molecule has 8 heteroatoms. The molecular formula is C13H14Br2N2O2S2. The Balaban J connectivity index is 2.27. The van der Waals surface area contributed by atoms with Crippen molar-refractivity contribution >= 4 is 58.9 Å². The Labute approximate surface area is 145 Å². The molecule has 0 aliphatic carbocycles. The monoisotopic (exact) mass is 452 g/mol. The van der Waals surface area contributed by atoms with Crippen LogP contribution in [0.5, 0.6) is 0 Å². The number of nitrogens with one attached hydrogen (secondary N) is 2. The molecule has 0 saturated carbocycles. The van der Waals surface area contributed by atoms with E-state index in [0.717, 1.165) is 11.4 Å². The SMILES string of the molecule is CCNCc1cc(S(=O)(=O)Nc2ccccc2Br)c(Br)s1. The molecule has 0 spiro atoms. The van der Waals surface area contributed by atoms with E-state index in [1.807, 2.05) is 13.0 Å². The van der Waals surface area contributed by atoms with Crippen molar-refractivity contribution in [1.82, 2.24) is 5.32 Å². The van der Waals surface area contributed by atoms with Crippen molar-refractivity contribution in [2.75, 3.05) is 11.3 Å². The van der Waals surface area contributed by atoms with Crippen LogP contribution in [-0.4, -0.2) is 15.0 Å². The van der Waals surface area contributed by atoms with Gasteiger partial charge in [-0.25, -0.2) is 8.42 Å². The van der Waals surface area contributed by atoms with E-state index in [9.17, 15) is 8.42 Å². The average molecular weight is 454 g/mol. The van der Waals surface area contributed by atoms with Gasteiger partial charge in [0.1, 0.15) is 4.90 Å². The molecule has 21 heavy (non-hydrogen) atoms. The summed E-state index contributed by atoms with van der Waals surface area (Å²) >= 11 is 8.09. The van der Waals surface area contributed by atoms with Crippen molar-refractivity contribution in [2.24, 2.45) is 0 Å². The van der Waals surface area contributed by atoms with Gasteiger partial charge in [0.2, 0.25) is 0 Å². The molecule has 1 aromatic heterocycles. The summed E-state index contributed by atoms with van der Waals surface area (Å²) in [6, 6.07) is 8.80. The molecule has 2 aromatic rings. The Morgan fingerprint density at radius 3 is 2.62 bits per heavy atom. The van der Waals surface area contributed by atoms with E-state index in [4.69, 9.17) is 0 Å². The Morgan fingerprint density at radius 2 is 1.95 bits per heavy atom. The molecule has 4 nitrogen and oxygen atoms in total. The van der Waals surface area contributed by atoms with Crippen molar-refractivity contribution in [3.63, 3.8) is 0 Å². The van der Waals surface area contributed by atoms with E-state index in [2.05, 4.69) is 41.9 Å². The van der Waals surface area contributed by atoms with E-state index in [1.165, 1.54) is 11.3 Å². The van der Waals surface area contributed by atoms with Crippen LogP contribution in [0.1, 0.15) is 11.8 Å². The Hall–Kier alpha value is -0.410. The number of rotatable bonds is 6. The predicted molar refractivity (Wildman–Crippen MR) is 94.4 cm³/mol. The van der Waals surface area contributed by atoms with Gasteiger partial charge in [0.25, 0.3) is 10.0 Å². The van der Waals surface area contributed by atoms with Crippen LogP contribution in [0.2, 0.25) is 0 Å². The van der Waals surface area contributed by atoms with Gasteiger partial charge in [-0.05, 0) is 56.6 Å². The molecule has 0 radical (unpaired) electrons. The summed E-state index contributed by atoms with van der Waals surface area (Å²) in [7, 11) is -3.61. The summed E-state index contributed by atoms with van der Waals surface area (Å²) in [5.41, 5.74) is 0.517. The molecule has 0 unspecified atom stereocenters. The van der Waals surface area contributed by atoms with E-state index >= 15 is 0 Å². The topological polar surface area (TPSA) is 58.2 Å². The third-order valence-corrected chi connectivity index (χ3v) is 6.97. The van der Waals surface area contributed by atoms with Crippen molar-refractivity contribution in [3.05, 3.63) is 43.5 Å². The second-order valence-electron chi connectivity index (χ2n) is 4.22. The highest BCUT2D eigenvalue weighted by Gasteiger charge is 2.21. The molecular weight excluding hydrogens is 440 g/mol. The highest BCUT2D eigenvalue weighted by atomic mass is 79.9. The zero-order chi connectivity index (χ0) is 15.5. The second kappa shape index (κ2) is 7.23. The Morgan fingerprint density at radius 1 is 1.24 bits per heavy atom. The van der Waals surface area contributed by atoms with E-state index in [1.54, 1.807) is 24.3 Å². The molecule has 0 bridgehead atoms. The van der Waals surface area contributed by atoms with Gasteiger partial charge in [0.05, 0.1) is 9.47 Å². The molecule has 0 aliphatic heterocycles. The number of anilines is 1. The Kier molecular flexibility index (Phi) is 5.84. The Bertz CT molecular complexity index is 730. The first-order valence-electron chi connectivity index (χ1n) is 6.20. The van der Waals surface area contributed by atoms with Crippen LogP contribution in [0.4, 0.5) is 5.69 Å². The third-order valence-electron chi connectivity index (χ3n) is 2.66. The molecule has 0 amide bonds. The van der Waals surface area contributed by atoms with Crippen molar-refractivity contribution < 1.29 is 8.42 Å². The lowest BCUT2D eigenvalue weighted by Crippen LogP contribution is -2.13. The number of benzene rings is 1. The lowest BCUT2D eigenvalue weighted by Gasteiger charge is -2.08. The molecule has 0 aliphatic rings. The fraction of sp³-hybridized carbons (Fsp3) is 0.231. The number of thiophene rings is 1. The third kappa shape index (κ3) is 4.29. The molecule has 1 heterocycles. The number of para-hydroxylation sites is 1. The maximum Gasteiger partial charge on any atom is 0.263 e.